The lowest BCUT2D eigenvalue weighted by molar-refractivity contribution is 0.219. The van der Waals surface area contributed by atoms with E-state index in [9.17, 15) is 0 Å². The van der Waals surface area contributed by atoms with E-state index in [1.807, 2.05) is 27.1 Å². The van der Waals surface area contributed by atoms with E-state index >= 15 is 0 Å². The van der Waals surface area contributed by atoms with Crippen molar-refractivity contribution in [3.63, 3.8) is 0 Å². The first-order valence-electron chi connectivity index (χ1n) is 6.90. The number of anilines is 1. The van der Waals surface area contributed by atoms with E-state index in [0.717, 1.165) is 17.9 Å². The highest BCUT2D eigenvalue weighted by Gasteiger charge is 2.11. The Kier molecular flexibility index (Phi) is 5.38. The summed E-state index contributed by atoms with van der Waals surface area (Å²) in [7, 11) is 1.87. The van der Waals surface area contributed by atoms with Crippen LogP contribution < -0.4 is 10.1 Å². The molecule has 7 nitrogen and oxygen atoms in total. The molecule has 0 spiro atoms. The zero-order valence-corrected chi connectivity index (χ0v) is 13.5. The number of hydrogen-bond donors (Lipinski definition) is 1. The smallest absolute Gasteiger partial charge is 0.322 e. The molecule has 0 aliphatic carbocycles. The first-order valence-corrected chi connectivity index (χ1v) is 7.71. The molecule has 2 heterocycles. The molecule has 0 radical (unpaired) electrons. The Morgan fingerprint density at radius 3 is 2.76 bits per heavy atom. The van der Waals surface area contributed by atoms with Gasteiger partial charge in [0.2, 0.25) is 11.1 Å². The Labute approximate surface area is 128 Å². The molecule has 0 aromatic carbocycles. The molecular formula is C13H20N6OS. The standard InChI is InChI=1S/C13H20N6OS/c1-5-6-14-11-16-12(20-9(2)3)18-13(17-11)21-10-7-15-19(4)8-10/h7-9H,5-6H2,1-4H3,(H,14,16,17,18). The third-order valence-corrected chi connectivity index (χ3v) is 3.17. The molecule has 0 amide bonds. The number of hydrogen-bond acceptors (Lipinski definition) is 7. The second kappa shape index (κ2) is 7.26. The molecule has 0 saturated carbocycles. The molecule has 1 N–H and O–H groups in total. The lowest BCUT2D eigenvalue weighted by Crippen LogP contribution is -2.12. The lowest BCUT2D eigenvalue weighted by atomic mass is 10.5. The summed E-state index contributed by atoms with van der Waals surface area (Å²) in [6.45, 7) is 6.78. The molecule has 0 fully saturated rings. The summed E-state index contributed by atoms with van der Waals surface area (Å²) in [5, 5.41) is 7.89. The summed E-state index contributed by atoms with van der Waals surface area (Å²) >= 11 is 1.43. The van der Waals surface area contributed by atoms with Crippen LogP contribution in [0.3, 0.4) is 0 Å². The summed E-state index contributed by atoms with van der Waals surface area (Å²) in [6.07, 6.45) is 4.70. The monoisotopic (exact) mass is 308 g/mol. The van der Waals surface area contributed by atoms with Crippen molar-refractivity contribution in [2.75, 3.05) is 11.9 Å². The van der Waals surface area contributed by atoms with E-state index in [4.69, 9.17) is 4.74 Å². The summed E-state index contributed by atoms with van der Waals surface area (Å²) in [6, 6.07) is 0.338. The van der Waals surface area contributed by atoms with Gasteiger partial charge >= 0.3 is 6.01 Å². The fourth-order valence-corrected chi connectivity index (χ4v) is 2.29. The molecule has 0 aliphatic rings. The predicted molar refractivity (Wildman–Crippen MR) is 81.7 cm³/mol. The van der Waals surface area contributed by atoms with Crippen molar-refractivity contribution in [2.24, 2.45) is 7.05 Å². The summed E-state index contributed by atoms with van der Waals surface area (Å²) in [5.41, 5.74) is 0. The summed E-state index contributed by atoms with van der Waals surface area (Å²) in [4.78, 5) is 14.0. The second-order valence-electron chi connectivity index (χ2n) is 4.77. The van der Waals surface area contributed by atoms with Crippen molar-refractivity contribution >= 4 is 17.7 Å². The third kappa shape index (κ3) is 4.89. The Morgan fingerprint density at radius 1 is 1.33 bits per heavy atom. The maximum atomic E-state index is 5.58. The van der Waals surface area contributed by atoms with E-state index < -0.39 is 0 Å². The predicted octanol–water partition coefficient (Wildman–Crippen LogP) is 2.37. The number of ether oxygens (including phenoxy) is 1. The molecule has 0 bridgehead atoms. The molecule has 0 atom stereocenters. The minimum Gasteiger partial charge on any atom is -0.461 e. The van der Waals surface area contributed by atoms with Gasteiger partial charge in [-0.2, -0.15) is 20.1 Å². The topological polar surface area (TPSA) is 77.8 Å². The minimum atomic E-state index is 0.0164. The summed E-state index contributed by atoms with van der Waals surface area (Å²) in [5.74, 6) is 0.536. The summed E-state index contributed by atoms with van der Waals surface area (Å²) < 4.78 is 7.32. The zero-order valence-electron chi connectivity index (χ0n) is 12.7. The lowest BCUT2D eigenvalue weighted by Gasteiger charge is -2.10. The molecule has 0 aliphatic heterocycles. The largest absolute Gasteiger partial charge is 0.461 e. The van der Waals surface area contributed by atoms with Gasteiger partial charge in [-0.05, 0) is 32.0 Å². The van der Waals surface area contributed by atoms with Crippen LogP contribution in [0.15, 0.2) is 22.4 Å². The average Bonchev–Trinajstić information content (AvgIpc) is 2.80. The number of nitrogens with zero attached hydrogens (tertiary/aromatic N) is 5. The molecule has 114 valence electrons. The van der Waals surface area contributed by atoms with E-state index in [1.165, 1.54) is 11.8 Å². The van der Waals surface area contributed by atoms with Crippen LogP contribution in [0, 0.1) is 0 Å². The van der Waals surface area contributed by atoms with E-state index in [-0.39, 0.29) is 6.10 Å². The van der Waals surface area contributed by atoms with Crippen molar-refractivity contribution < 1.29 is 4.74 Å². The maximum absolute atomic E-state index is 5.58. The molecule has 2 aromatic heterocycles. The van der Waals surface area contributed by atoms with E-state index in [1.54, 1.807) is 10.9 Å². The molecule has 2 rings (SSSR count). The SMILES string of the molecule is CCCNc1nc(OC(C)C)nc(Sc2cnn(C)c2)n1. The van der Waals surface area contributed by atoms with Crippen molar-refractivity contribution in [3.05, 3.63) is 12.4 Å². The van der Waals surface area contributed by atoms with Crippen LogP contribution in [0.4, 0.5) is 5.95 Å². The van der Waals surface area contributed by atoms with Crippen molar-refractivity contribution in [1.82, 2.24) is 24.7 Å². The number of aryl methyl sites for hydroxylation is 1. The number of rotatable bonds is 7. The van der Waals surface area contributed by atoms with Crippen molar-refractivity contribution in [2.45, 2.75) is 43.3 Å². The Hall–Kier alpha value is -1.83. The van der Waals surface area contributed by atoms with E-state index in [0.29, 0.717) is 17.1 Å². The van der Waals surface area contributed by atoms with Gasteiger partial charge in [0.15, 0.2) is 0 Å². The van der Waals surface area contributed by atoms with Crippen LogP contribution in [0.1, 0.15) is 27.2 Å². The highest BCUT2D eigenvalue weighted by molar-refractivity contribution is 7.99. The molecule has 0 unspecified atom stereocenters. The van der Waals surface area contributed by atoms with Gasteiger partial charge in [-0.25, -0.2) is 0 Å². The molecule has 21 heavy (non-hydrogen) atoms. The van der Waals surface area contributed by atoms with Gasteiger partial charge in [0.25, 0.3) is 0 Å². The fraction of sp³-hybridized carbons (Fsp3) is 0.538. The van der Waals surface area contributed by atoms with Gasteiger partial charge in [0, 0.05) is 19.8 Å². The van der Waals surface area contributed by atoms with Crippen molar-refractivity contribution in [1.29, 1.82) is 0 Å². The average molecular weight is 308 g/mol. The Balaban J connectivity index is 2.21. The van der Waals surface area contributed by atoms with Crippen LogP contribution in [-0.2, 0) is 7.05 Å². The van der Waals surface area contributed by atoms with Gasteiger partial charge in [-0.15, -0.1) is 0 Å². The normalized spacial score (nSPS) is 10.9. The van der Waals surface area contributed by atoms with Crippen LogP contribution in [0.5, 0.6) is 6.01 Å². The van der Waals surface area contributed by atoms with Gasteiger partial charge in [-0.3, -0.25) is 4.68 Å². The van der Waals surface area contributed by atoms with Crippen LogP contribution in [-0.4, -0.2) is 37.4 Å². The van der Waals surface area contributed by atoms with E-state index in [2.05, 4.69) is 32.3 Å². The highest BCUT2D eigenvalue weighted by atomic mass is 32.2. The molecule has 0 saturated heterocycles. The third-order valence-electron chi connectivity index (χ3n) is 2.36. The van der Waals surface area contributed by atoms with Crippen molar-refractivity contribution in [3.8, 4) is 6.01 Å². The Morgan fingerprint density at radius 2 is 2.14 bits per heavy atom. The first kappa shape index (κ1) is 15.6. The first-order chi connectivity index (χ1) is 10.1. The molecular weight excluding hydrogens is 288 g/mol. The highest BCUT2D eigenvalue weighted by Crippen LogP contribution is 2.25. The van der Waals surface area contributed by atoms with Gasteiger partial charge in [0.05, 0.1) is 17.2 Å². The second-order valence-corrected chi connectivity index (χ2v) is 5.81. The van der Waals surface area contributed by atoms with Gasteiger partial charge in [0.1, 0.15) is 0 Å². The number of nitrogens with one attached hydrogen (secondary N) is 1. The molecule has 8 heteroatoms. The van der Waals surface area contributed by atoms with Gasteiger partial charge in [-0.1, -0.05) is 6.92 Å². The quantitative estimate of drug-likeness (QED) is 0.841. The fourth-order valence-electron chi connectivity index (χ4n) is 1.52. The van der Waals surface area contributed by atoms with Crippen LogP contribution in [0.2, 0.25) is 0 Å². The van der Waals surface area contributed by atoms with Crippen LogP contribution >= 0.6 is 11.8 Å². The molecule has 2 aromatic rings. The number of aromatic nitrogens is 5. The van der Waals surface area contributed by atoms with Gasteiger partial charge < -0.3 is 10.1 Å². The Bertz CT molecular complexity index is 586. The van der Waals surface area contributed by atoms with Crippen LogP contribution in [0.25, 0.3) is 0 Å². The minimum absolute atomic E-state index is 0.0164. The zero-order chi connectivity index (χ0) is 15.2. The maximum Gasteiger partial charge on any atom is 0.322 e.